The Labute approximate surface area is 358 Å². The predicted molar refractivity (Wildman–Crippen MR) is 216 cm³/mol. The van der Waals surface area contributed by atoms with Gasteiger partial charge < -0.3 is 58.0 Å². The minimum absolute atomic E-state index is 0.0242. The molecule has 62 heavy (non-hydrogen) atoms. The van der Waals surface area contributed by atoms with Crippen molar-refractivity contribution >= 4 is 28.9 Å². The molecule has 15 nitrogen and oxygen atoms in total. The molecule has 16 heteroatoms. The molecule has 0 radical (unpaired) electrons. The molecular weight excluding hydrogens is 825 g/mol. The highest BCUT2D eigenvalue weighted by Crippen LogP contribution is 2.57. The number of esters is 1. The minimum Gasteiger partial charge on any atom is -0.502 e. The lowest BCUT2D eigenvalue weighted by atomic mass is 9.66. The summed E-state index contributed by atoms with van der Waals surface area (Å²) in [7, 11) is 2.86. The molecule has 4 aromatic carbocycles. The van der Waals surface area contributed by atoms with Crippen molar-refractivity contribution in [1.29, 1.82) is 0 Å². The van der Waals surface area contributed by atoms with Crippen LogP contribution in [-0.4, -0.2) is 97.8 Å². The van der Waals surface area contributed by atoms with E-state index in [1.807, 2.05) is 23.6 Å². The molecule has 2 aliphatic carbocycles. The van der Waals surface area contributed by atoms with Crippen LogP contribution in [0.15, 0.2) is 90.3 Å². The topological polar surface area (TPSA) is 195 Å². The largest absolute Gasteiger partial charge is 0.502 e. The maximum absolute atomic E-state index is 13.5. The van der Waals surface area contributed by atoms with Gasteiger partial charge in [0, 0.05) is 34.1 Å². The van der Waals surface area contributed by atoms with Gasteiger partial charge in [0.05, 0.1) is 44.3 Å². The molecule has 0 spiro atoms. The minimum atomic E-state index is -1.47. The maximum Gasteiger partial charge on any atom is 0.310 e. The van der Waals surface area contributed by atoms with E-state index in [1.54, 1.807) is 66.7 Å². The number of hydrogen-bond acceptors (Lipinski definition) is 16. The maximum atomic E-state index is 13.5. The van der Waals surface area contributed by atoms with Crippen LogP contribution in [0.2, 0.25) is 0 Å². The number of phenolic OH excluding ortho intramolecular Hbond substituents is 1. The number of hydrogen-bond donors (Lipinski definition) is 3. The van der Waals surface area contributed by atoms with Gasteiger partial charge in [-0.2, -0.15) is 0 Å². The van der Waals surface area contributed by atoms with Gasteiger partial charge in [-0.3, -0.25) is 14.4 Å². The molecule has 0 saturated carbocycles. The number of carbonyl (C=O) groups is 3. The molecule has 4 aliphatic heterocycles. The number of benzene rings is 4. The first-order valence-corrected chi connectivity index (χ1v) is 20.8. The zero-order valence-corrected chi connectivity index (χ0v) is 34.0. The molecule has 5 aromatic rings. The summed E-state index contributed by atoms with van der Waals surface area (Å²) in [5.74, 6) is -1.21. The number of aromatic hydroxyl groups is 1. The Bertz CT molecular complexity index is 2420. The number of aliphatic hydroxyl groups excluding tert-OH is 2. The summed E-state index contributed by atoms with van der Waals surface area (Å²) in [5, 5.41) is 35.0. The molecular formula is C46H40O15S. The molecule has 1 aromatic heterocycles. The lowest BCUT2D eigenvalue weighted by Gasteiger charge is -2.48. The third-order valence-corrected chi connectivity index (χ3v) is 13.1. The van der Waals surface area contributed by atoms with E-state index in [9.17, 15) is 29.7 Å². The van der Waals surface area contributed by atoms with Gasteiger partial charge in [-0.25, -0.2) is 0 Å². The van der Waals surface area contributed by atoms with Crippen molar-refractivity contribution in [3.63, 3.8) is 0 Å². The highest BCUT2D eigenvalue weighted by Gasteiger charge is 2.56. The van der Waals surface area contributed by atoms with Crippen molar-refractivity contribution in [2.45, 2.75) is 49.0 Å². The summed E-state index contributed by atoms with van der Waals surface area (Å²) in [4.78, 5) is 38.5. The van der Waals surface area contributed by atoms with E-state index in [0.717, 1.165) is 4.88 Å². The monoisotopic (exact) mass is 864 g/mol. The molecule has 11 rings (SSSR count). The van der Waals surface area contributed by atoms with Gasteiger partial charge in [0.25, 0.3) is 0 Å². The predicted octanol–water partition coefficient (Wildman–Crippen LogP) is 5.21. The fraction of sp³-hybridized carbons (Fsp3) is 0.326. The third-order valence-electron chi connectivity index (χ3n) is 12.2. The van der Waals surface area contributed by atoms with Gasteiger partial charge in [0.2, 0.25) is 12.5 Å². The Kier molecular flexibility index (Phi) is 10.5. The average molecular weight is 865 g/mol. The first-order chi connectivity index (χ1) is 30.1. The summed E-state index contributed by atoms with van der Waals surface area (Å²) in [6, 6.07) is 24.6. The van der Waals surface area contributed by atoms with Crippen LogP contribution in [0, 0.1) is 11.8 Å². The summed E-state index contributed by atoms with van der Waals surface area (Å²) in [6.07, 6.45) is -7.16. The SMILES string of the molecule is COc1cc([C@@H]2c3cc4c(cc3C(O[C@@H]3O[C@@H]5COC(c6cccs6)O[C@H]5[C@H](O)[C@H]3O)C3COC(=O)[C@@H]32)OCO4)cc(OC)c1O.O=C1c2ccccc2C(=O)c2ccccc21. The number of fused-ring (bicyclic) bond motifs is 6. The molecule has 3 N–H and O–H groups in total. The second-order valence-electron chi connectivity index (χ2n) is 15.5. The van der Waals surface area contributed by atoms with E-state index < -0.39 is 66.8 Å². The summed E-state index contributed by atoms with van der Waals surface area (Å²) in [6.45, 7) is 0.171. The van der Waals surface area contributed by atoms with E-state index in [-0.39, 0.29) is 48.8 Å². The average Bonchev–Trinajstić information content (AvgIpc) is 4.09. The fourth-order valence-corrected chi connectivity index (χ4v) is 9.94. The lowest BCUT2D eigenvalue weighted by molar-refractivity contribution is -0.368. The molecule has 320 valence electrons. The normalized spacial score (nSPS) is 28.9. The van der Waals surface area contributed by atoms with Crippen molar-refractivity contribution in [1.82, 2.24) is 0 Å². The smallest absolute Gasteiger partial charge is 0.310 e. The van der Waals surface area contributed by atoms with Crippen molar-refractivity contribution in [3.8, 4) is 28.7 Å². The van der Waals surface area contributed by atoms with Crippen LogP contribution in [0.5, 0.6) is 28.7 Å². The van der Waals surface area contributed by atoms with Crippen LogP contribution in [0.25, 0.3) is 0 Å². The number of rotatable bonds is 6. The third kappa shape index (κ3) is 6.70. The van der Waals surface area contributed by atoms with E-state index in [1.165, 1.54) is 25.6 Å². The quantitative estimate of drug-likeness (QED) is 0.185. The number of ether oxygens (including phenoxy) is 9. The Morgan fingerprint density at radius 3 is 1.90 bits per heavy atom. The van der Waals surface area contributed by atoms with Gasteiger partial charge in [-0.1, -0.05) is 54.6 Å². The van der Waals surface area contributed by atoms with Gasteiger partial charge >= 0.3 is 5.97 Å². The van der Waals surface area contributed by atoms with E-state index in [2.05, 4.69) is 0 Å². The first-order valence-electron chi connectivity index (χ1n) is 19.9. The number of methoxy groups -OCH3 is 2. The number of cyclic esters (lactones) is 1. The molecule has 6 aliphatic rings. The molecule has 3 fully saturated rings. The van der Waals surface area contributed by atoms with Gasteiger partial charge in [-0.05, 0) is 52.4 Å². The van der Waals surface area contributed by atoms with Crippen LogP contribution in [-0.2, 0) is 28.5 Å². The molecule has 3 unspecified atom stereocenters. The van der Waals surface area contributed by atoms with Crippen molar-refractivity contribution in [2.24, 2.45) is 11.8 Å². The van der Waals surface area contributed by atoms with Gasteiger partial charge in [0.15, 0.2) is 47.1 Å². The number of thiophene rings is 1. The zero-order valence-electron chi connectivity index (χ0n) is 33.2. The Morgan fingerprint density at radius 2 is 1.32 bits per heavy atom. The van der Waals surface area contributed by atoms with E-state index in [0.29, 0.717) is 50.4 Å². The molecule has 3 saturated heterocycles. The van der Waals surface area contributed by atoms with Crippen LogP contribution in [0.3, 0.4) is 0 Å². The number of phenols is 1. The van der Waals surface area contributed by atoms with E-state index >= 15 is 0 Å². The number of ketones is 2. The Balaban J connectivity index is 0.000000239. The van der Waals surface area contributed by atoms with Crippen LogP contribution >= 0.6 is 11.3 Å². The highest BCUT2D eigenvalue weighted by atomic mass is 32.1. The van der Waals surface area contributed by atoms with Crippen LogP contribution in [0.4, 0.5) is 0 Å². The van der Waals surface area contributed by atoms with Crippen molar-refractivity contribution in [2.75, 3.05) is 34.2 Å². The first kappa shape index (κ1) is 40.2. The number of aliphatic hydroxyl groups is 2. The molecule has 10 atom stereocenters. The highest BCUT2D eigenvalue weighted by molar-refractivity contribution is 7.10. The molecule has 5 heterocycles. The summed E-state index contributed by atoms with van der Waals surface area (Å²) >= 11 is 1.46. The fourth-order valence-electron chi connectivity index (χ4n) is 9.23. The summed E-state index contributed by atoms with van der Waals surface area (Å²) < 4.78 is 52.6. The van der Waals surface area contributed by atoms with Crippen molar-refractivity contribution in [3.05, 3.63) is 134 Å². The standard InChI is InChI=1S/C32H32O13S.C14H8O2/c1-37-19-6-13(7-20(38-2)25(19)33)23-14-8-17-18(42-12-41-17)9-15(14)28(16-10-39-30(36)24(16)23)44-32-27(35)26(34)29-21(43-32)11-40-31(45-29)22-4-3-5-46-22;15-13-9-5-1-2-6-10(9)14(16)12-8-4-3-7-11(12)13/h3-9,16,21,23-24,26-29,31-35H,10-12H2,1-2H3;1-8H/t16?,21-,23-,24+,26-,27-,28?,29-,31?,32+;/m1./s1. The second-order valence-corrected chi connectivity index (χ2v) is 16.5. The lowest BCUT2D eigenvalue weighted by Crippen LogP contribution is -2.62. The van der Waals surface area contributed by atoms with Gasteiger partial charge in [-0.15, -0.1) is 11.3 Å². The van der Waals surface area contributed by atoms with Gasteiger partial charge in [0.1, 0.15) is 24.4 Å². The zero-order chi connectivity index (χ0) is 42.8. The number of carbonyl (C=O) groups excluding carboxylic acids is 3. The van der Waals surface area contributed by atoms with Crippen LogP contribution in [0.1, 0.15) is 71.7 Å². The molecule has 0 bridgehead atoms. The Hall–Kier alpha value is -5.85. The van der Waals surface area contributed by atoms with E-state index in [4.69, 9.17) is 42.6 Å². The second kappa shape index (κ2) is 16.1. The molecule has 0 amide bonds. The summed E-state index contributed by atoms with van der Waals surface area (Å²) in [5.41, 5.74) is 4.02. The van der Waals surface area contributed by atoms with Crippen molar-refractivity contribution < 1.29 is 72.3 Å². The Morgan fingerprint density at radius 1 is 0.710 bits per heavy atom. The van der Waals surface area contributed by atoms with Crippen LogP contribution < -0.4 is 18.9 Å².